The van der Waals surface area contributed by atoms with E-state index in [9.17, 15) is 39.0 Å². The van der Waals surface area contributed by atoms with Gasteiger partial charge in [-0.1, -0.05) is 44.2 Å². The highest BCUT2D eigenvalue weighted by molar-refractivity contribution is 5.95. The Morgan fingerprint density at radius 2 is 1.38 bits per heavy atom. The molecule has 13 nitrogen and oxygen atoms in total. The molecule has 0 bridgehead atoms. The van der Waals surface area contributed by atoms with Gasteiger partial charge in [-0.3, -0.25) is 24.0 Å². The van der Waals surface area contributed by atoms with Gasteiger partial charge in [0, 0.05) is 6.42 Å². The first kappa shape index (κ1) is 31.0. The van der Waals surface area contributed by atoms with E-state index < -0.39 is 66.2 Å². The summed E-state index contributed by atoms with van der Waals surface area (Å²) in [5, 5.41) is 25.5. The number of carboxylic acids is 2. The van der Waals surface area contributed by atoms with E-state index in [-0.39, 0.29) is 31.6 Å². The van der Waals surface area contributed by atoms with Gasteiger partial charge in [0.25, 0.3) is 0 Å². The molecule has 4 atom stereocenters. The largest absolute Gasteiger partial charge is 0.481 e. The van der Waals surface area contributed by atoms with Gasteiger partial charge in [0.1, 0.15) is 18.1 Å². The van der Waals surface area contributed by atoms with E-state index in [1.807, 2.05) is 0 Å². The van der Waals surface area contributed by atoms with Gasteiger partial charge in [-0.2, -0.15) is 0 Å². The zero-order valence-corrected chi connectivity index (χ0v) is 20.8. The van der Waals surface area contributed by atoms with Crippen LogP contribution in [0.3, 0.4) is 0 Å². The minimum absolute atomic E-state index is 0.0748. The predicted octanol–water partition coefficient (Wildman–Crippen LogP) is -1.12. The van der Waals surface area contributed by atoms with Crippen LogP contribution in [-0.4, -0.2) is 69.9 Å². The highest BCUT2D eigenvalue weighted by Gasteiger charge is 2.32. The van der Waals surface area contributed by atoms with Crippen molar-refractivity contribution in [3.63, 3.8) is 0 Å². The van der Waals surface area contributed by atoms with Gasteiger partial charge >= 0.3 is 11.9 Å². The summed E-state index contributed by atoms with van der Waals surface area (Å²) in [5.74, 6) is -6.29. The Kier molecular flexibility index (Phi) is 12.7. The van der Waals surface area contributed by atoms with Crippen molar-refractivity contribution in [2.45, 2.75) is 70.1 Å². The lowest BCUT2D eigenvalue weighted by Crippen LogP contribution is -2.57. The van der Waals surface area contributed by atoms with E-state index in [4.69, 9.17) is 11.5 Å². The molecule has 1 rings (SSSR count). The monoisotopic (exact) mass is 521 g/mol. The zero-order valence-electron chi connectivity index (χ0n) is 20.8. The van der Waals surface area contributed by atoms with E-state index in [0.717, 1.165) is 5.56 Å². The Bertz CT molecular complexity index is 969. The van der Waals surface area contributed by atoms with Crippen LogP contribution < -0.4 is 27.4 Å². The van der Waals surface area contributed by atoms with Gasteiger partial charge in [-0.25, -0.2) is 4.79 Å². The Balaban J connectivity index is 3.00. The van der Waals surface area contributed by atoms with Gasteiger partial charge in [0.15, 0.2) is 0 Å². The fraction of sp³-hybridized carbons (Fsp3) is 0.500. The average Bonchev–Trinajstić information content (AvgIpc) is 2.80. The van der Waals surface area contributed by atoms with Gasteiger partial charge in [0.2, 0.25) is 23.6 Å². The molecule has 1 aromatic rings. The summed E-state index contributed by atoms with van der Waals surface area (Å²) in [4.78, 5) is 72.4. The highest BCUT2D eigenvalue weighted by Crippen LogP contribution is 2.08. The van der Waals surface area contributed by atoms with E-state index in [1.54, 1.807) is 44.2 Å². The molecular weight excluding hydrogens is 486 g/mol. The number of nitrogens with one attached hydrogen (secondary N) is 3. The third-order valence-corrected chi connectivity index (χ3v) is 5.28. The molecule has 0 spiro atoms. The van der Waals surface area contributed by atoms with E-state index in [1.165, 1.54) is 0 Å². The minimum atomic E-state index is -1.65. The number of amides is 4. The zero-order chi connectivity index (χ0) is 28.1. The van der Waals surface area contributed by atoms with Crippen molar-refractivity contribution in [3.8, 4) is 0 Å². The third kappa shape index (κ3) is 12.0. The molecule has 204 valence electrons. The maximum absolute atomic E-state index is 13.0. The molecule has 0 heterocycles. The quantitative estimate of drug-likeness (QED) is 0.139. The first-order valence-electron chi connectivity index (χ1n) is 11.7. The summed E-state index contributed by atoms with van der Waals surface area (Å²) in [5.41, 5.74) is 11.9. The molecule has 4 unspecified atom stereocenters. The molecule has 0 fully saturated rings. The Hall–Kier alpha value is -4.00. The van der Waals surface area contributed by atoms with Crippen molar-refractivity contribution < 1.29 is 39.0 Å². The SMILES string of the molecule is CC(C)CC(NC(=O)C(CC(=O)O)NC(=O)C(CCC(N)=O)NC(=O)C(N)Cc1ccccc1)C(=O)O. The number of hydrogen-bond donors (Lipinski definition) is 7. The van der Waals surface area contributed by atoms with Gasteiger partial charge in [-0.05, 0) is 30.7 Å². The number of hydrogen-bond acceptors (Lipinski definition) is 7. The molecule has 0 aliphatic heterocycles. The van der Waals surface area contributed by atoms with Crippen molar-refractivity contribution in [1.29, 1.82) is 0 Å². The molecule has 0 aliphatic rings. The molecule has 0 radical (unpaired) electrons. The second kappa shape index (κ2) is 15.2. The van der Waals surface area contributed by atoms with Crippen LogP contribution in [0.25, 0.3) is 0 Å². The molecule has 4 amide bonds. The molecule has 0 saturated carbocycles. The second-order valence-electron chi connectivity index (χ2n) is 9.05. The summed E-state index contributed by atoms with van der Waals surface area (Å²) < 4.78 is 0. The first-order valence-corrected chi connectivity index (χ1v) is 11.7. The van der Waals surface area contributed by atoms with Crippen LogP contribution in [-0.2, 0) is 35.2 Å². The van der Waals surface area contributed by atoms with Crippen LogP contribution in [0.15, 0.2) is 30.3 Å². The number of carboxylic acid groups (broad SMARTS) is 2. The Morgan fingerprint density at radius 3 is 1.89 bits per heavy atom. The van der Waals surface area contributed by atoms with Crippen LogP contribution in [0.2, 0.25) is 0 Å². The fourth-order valence-electron chi connectivity index (χ4n) is 3.42. The number of nitrogens with two attached hydrogens (primary N) is 2. The van der Waals surface area contributed by atoms with Crippen molar-refractivity contribution in [2.24, 2.45) is 17.4 Å². The summed E-state index contributed by atoms with van der Waals surface area (Å²) in [7, 11) is 0. The highest BCUT2D eigenvalue weighted by atomic mass is 16.4. The molecule has 0 aliphatic carbocycles. The van der Waals surface area contributed by atoms with Crippen LogP contribution in [0, 0.1) is 5.92 Å². The third-order valence-electron chi connectivity index (χ3n) is 5.28. The predicted molar refractivity (Wildman–Crippen MR) is 132 cm³/mol. The number of carbonyl (C=O) groups is 6. The summed E-state index contributed by atoms with van der Waals surface area (Å²) in [6.45, 7) is 3.49. The topological polar surface area (TPSA) is 231 Å². The van der Waals surface area contributed by atoms with Crippen LogP contribution >= 0.6 is 0 Å². The maximum Gasteiger partial charge on any atom is 0.326 e. The van der Waals surface area contributed by atoms with Gasteiger partial charge in [0.05, 0.1) is 12.5 Å². The number of rotatable bonds is 16. The smallest absolute Gasteiger partial charge is 0.326 e. The fourth-order valence-corrected chi connectivity index (χ4v) is 3.42. The van der Waals surface area contributed by atoms with Crippen LogP contribution in [0.4, 0.5) is 0 Å². The van der Waals surface area contributed by atoms with Crippen molar-refractivity contribution in [1.82, 2.24) is 16.0 Å². The molecule has 0 aromatic heterocycles. The Morgan fingerprint density at radius 1 is 0.838 bits per heavy atom. The molecule has 0 saturated heterocycles. The number of primary amides is 1. The van der Waals surface area contributed by atoms with Crippen molar-refractivity contribution in [3.05, 3.63) is 35.9 Å². The lowest BCUT2D eigenvalue weighted by Gasteiger charge is -2.25. The summed E-state index contributed by atoms with van der Waals surface area (Å²) in [6, 6.07) is 3.51. The van der Waals surface area contributed by atoms with Gasteiger partial charge in [-0.15, -0.1) is 0 Å². The van der Waals surface area contributed by atoms with E-state index in [0.29, 0.717) is 0 Å². The lowest BCUT2D eigenvalue weighted by molar-refractivity contribution is -0.144. The molecule has 9 N–H and O–H groups in total. The Labute approximate surface area is 214 Å². The minimum Gasteiger partial charge on any atom is -0.481 e. The van der Waals surface area contributed by atoms with Crippen LogP contribution in [0.5, 0.6) is 0 Å². The number of carbonyl (C=O) groups excluding carboxylic acids is 4. The molecular formula is C24H35N5O8. The normalized spacial score (nSPS) is 14.1. The molecule has 13 heteroatoms. The maximum atomic E-state index is 13.0. The van der Waals surface area contributed by atoms with E-state index in [2.05, 4.69) is 16.0 Å². The van der Waals surface area contributed by atoms with Crippen LogP contribution in [0.1, 0.15) is 45.1 Å². The first-order chi connectivity index (χ1) is 17.3. The number of aliphatic carboxylic acids is 2. The lowest BCUT2D eigenvalue weighted by atomic mass is 10.0. The molecule has 1 aromatic carbocycles. The van der Waals surface area contributed by atoms with Crippen molar-refractivity contribution >= 4 is 35.6 Å². The summed E-state index contributed by atoms with van der Waals surface area (Å²) >= 11 is 0. The second-order valence-corrected chi connectivity index (χ2v) is 9.05. The van der Waals surface area contributed by atoms with Crippen molar-refractivity contribution in [2.75, 3.05) is 0 Å². The standard InChI is InChI=1S/C24H35N5O8/c1-13(2)10-18(24(36)37)29-23(35)17(12-20(31)32)28-22(34)16(8-9-19(26)30)27-21(33)15(25)11-14-6-4-3-5-7-14/h3-7,13,15-18H,8-12,25H2,1-2H3,(H2,26,30)(H,27,33)(H,28,34)(H,29,35)(H,31,32)(H,36,37). The van der Waals surface area contributed by atoms with Gasteiger partial charge < -0.3 is 37.6 Å². The average molecular weight is 522 g/mol. The van der Waals surface area contributed by atoms with E-state index >= 15 is 0 Å². The summed E-state index contributed by atoms with van der Waals surface area (Å²) in [6.07, 6.45) is -1.15. The number of benzene rings is 1. The molecule has 37 heavy (non-hydrogen) atoms.